The number of aryl methyl sites for hydroxylation is 1. The summed E-state index contributed by atoms with van der Waals surface area (Å²) in [4.78, 5) is 4.07. The normalized spacial score (nSPS) is 21.7. The van der Waals surface area contributed by atoms with E-state index in [9.17, 15) is 12.8 Å². The van der Waals surface area contributed by atoms with Crippen LogP contribution in [0.4, 0.5) is 4.39 Å². The van der Waals surface area contributed by atoms with E-state index in [1.54, 1.807) is 35.3 Å². The predicted molar refractivity (Wildman–Crippen MR) is 106 cm³/mol. The van der Waals surface area contributed by atoms with Crippen LogP contribution in [0.3, 0.4) is 0 Å². The maximum absolute atomic E-state index is 13.9. The number of aromatic nitrogens is 3. The summed E-state index contributed by atoms with van der Waals surface area (Å²) < 4.78 is 51.9. The number of rotatable bonds is 7. The van der Waals surface area contributed by atoms with Gasteiger partial charge in [0.15, 0.2) is 0 Å². The highest BCUT2D eigenvalue weighted by Gasteiger charge is 2.43. The zero-order valence-electron chi connectivity index (χ0n) is 16.4. The van der Waals surface area contributed by atoms with Gasteiger partial charge in [0.1, 0.15) is 24.1 Å². The summed E-state index contributed by atoms with van der Waals surface area (Å²) in [6, 6.07) is 12.7. The van der Waals surface area contributed by atoms with E-state index in [1.807, 2.05) is 6.92 Å². The molecular formula is C21H22FN3O4S. The number of nitrogens with zero attached hydrogens (tertiary/aromatic N) is 3. The summed E-state index contributed by atoms with van der Waals surface area (Å²) in [5.74, 6) is -0.548. The molecule has 2 heterocycles. The molecule has 0 aliphatic carbocycles. The maximum atomic E-state index is 13.9. The summed E-state index contributed by atoms with van der Waals surface area (Å²) in [6.45, 7) is 2.48. The Kier molecular flexibility index (Phi) is 5.68. The first kappa shape index (κ1) is 20.6. The van der Waals surface area contributed by atoms with Gasteiger partial charge in [0.2, 0.25) is 0 Å². The van der Waals surface area contributed by atoms with E-state index in [0.717, 1.165) is 5.56 Å². The van der Waals surface area contributed by atoms with Gasteiger partial charge in [-0.25, -0.2) is 14.1 Å². The Morgan fingerprint density at radius 1 is 1.27 bits per heavy atom. The minimum atomic E-state index is -3.87. The standard InChI is InChI=1S/C21H22FN3O4S/c1-16-5-7-20(8-6-16)30(26,27)29-12-17-10-21(28-11-17,13-25-15-23-14-24-25)18-3-2-4-19(22)9-18/h2-9,14-15,17H,10-13H2,1H3/t17-,21-/m0/s1. The Hall–Kier alpha value is -2.62. The quantitative estimate of drug-likeness (QED) is 0.535. The van der Waals surface area contributed by atoms with Crippen molar-refractivity contribution in [1.29, 1.82) is 0 Å². The number of hydrogen-bond acceptors (Lipinski definition) is 6. The van der Waals surface area contributed by atoms with E-state index in [1.165, 1.54) is 30.6 Å². The second-order valence-electron chi connectivity index (χ2n) is 7.53. The molecule has 1 aliphatic heterocycles. The van der Waals surface area contributed by atoms with E-state index in [2.05, 4.69) is 10.1 Å². The fourth-order valence-corrected chi connectivity index (χ4v) is 4.66. The van der Waals surface area contributed by atoms with Gasteiger partial charge in [0.05, 0.1) is 24.7 Å². The van der Waals surface area contributed by atoms with Crippen LogP contribution in [-0.2, 0) is 31.2 Å². The molecule has 1 aliphatic rings. The van der Waals surface area contributed by atoms with Crippen LogP contribution in [0.15, 0.2) is 66.1 Å². The molecule has 3 aromatic rings. The van der Waals surface area contributed by atoms with E-state index in [-0.39, 0.29) is 29.8 Å². The number of benzene rings is 2. The molecule has 1 saturated heterocycles. The molecular weight excluding hydrogens is 409 g/mol. The summed E-state index contributed by atoms with van der Waals surface area (Å²) in [5, 5.41) is 4.13. The third-order valence-corrected chi connectivity index (χ3v) is 6.51. The number of hydrogen-bond donors (Lipinski definition) is 0. The first-order valence-corrected chi connectivity index (χ1v) is 11.0. The summed E-state index contributed by atoms with van der Waals surface area (Å²) >= 11 is 0. The topological polar surface area (TPSA) is 83.3 Å². The Balaban J connectivity index is 1.51. The van der Waals surface area contributed by atoms with Gasteiger partial charge in [-0.2, -0.15) is 13.5 Å². The maximum Gasteiger partial charge on any atom is 0.296 e. The van der Waals surface area contributed by atoms with Crippen molar-refractivity contribution in [2.45, 2.75) is 30.4 Å². The van der Waals surface area contributed by atoms with Crippen molar-refractivity contribution in [3.05, 3.63) is 78.1 Å². The van der Waals surface area contributed by atoms with Crippen LogP contribution in [0.1, 0.15) is 17.5 Å². The van der Waals surface area contributed by atoms with Crippen LogP contribution < -0.4 is 0 Å². The molecule has 0 bridgehead atoms. The molecule has 9 heteroatoms. The van der Waals surface area contributed by atoms with Gasteiger partial charge in [0, 0.05) is 5.92 Å². The Labute approximate surface area is 174 Å². The van der Waals surface area contributed by atoms with Crippen LogP contribution in [0.25, 0.3) is 0 Å². The van der Waals surface area contributed by atoms with Crippen LogP contribution >= 0.6 is 0 Å². The molecule has 1 fully saturated rings. The van der Waals surface area contributed by atoms with Crippen LogP contribution in [-0.4, -0.2) is 36.4 Å². The summed E-state index contributed by atoms with van der Waals surface area (Å²) in [5.41, 5.74) is 0.783. The molecule has 7 nitrogen and oxygen atoms in total. The zero-order valence-corrected chi connectivity index (χ0v) is 17.3. The molecule has 0 spiro atoms. The minimum absolute atomic E-state index is 0.0232. The number of ether oxygens (including phenoxy) is 1. The van der Waals surface area contributed by atoms with Crippen LogP contribution in [0, 0.1) is 18.7 Å². The molecule has 1 aromatic heterocycles. The molecule has 0 saturated carbocycles. The van der Waals surface area contributed by atoms with Crippen molar-refractivity contribution in [1.82, 2.24) is 14.8 Å². The predicted octanol–water partition coefficient (Wildman–Crippen LogP) is 3.06. The molecule has 2 aromatic carbocycles. The lowest BCUT2D eigenvalue weighted by atomic mass is 9.87. The molecule has 2 atom stereocenters. The minimum Gasteiger partial charge on any atom is -0.368 e. The molecule has 0 amide bonds. The van der Waals surface area contributed by atoms with Crippen LogP contribution in [0.5, 0.6) is 0 Å². The van der Waals surface area contributed by atoms with Crippen LogP contribution in [0.2, 0.25) is 0 Å². The lowest BCUT2D eigenvalue weighted by molar-refractivity contribution is -0.0182. The molecule has 158 valence electrons. The van der Waals surface area contributed by atoms with E-state index in [0.29, 0.717) is 18.5 Å². The highest BCUT2D eigenvalue weighted by Crippen LogP contribution is 2.41. The average molecular weight is 431 g/mol. The molecule has 0 unspecified atom stereocenters. The molecule has 30 heavy (non-hydrogen) atoms. The smallest absolute Gasteiger partial charge is 0.296 e. The van der Waals surface area contributed by atoms with Crippen molar-refractivity contribution in [3.63, 3.8) is 0 Å². The van der Waals surface area contributed by atoms with Crippen molar-refractivity contribution < 1.29 is 21.7 Å². The van der Waals surface area contributed by atoms with Gasteiger partial charge in [-0.15, -0.1) is 0 Å². The van der Waals surface area contributed by atoms with Crippen molar-refractivity contribution >= 4 is 10.1 Å². The Bertz CT molecular complexity index is 1100. The lowest BCUT2D eigenvalue weighted by Crippen LogP contribution is -2.31. The SMILES string of the molecule is Cc1ccc(S(=O)(=O)OC[C@@H]2CO[C@@](Cn3cncn3)(c3cccc(F)c3)C2)cc1. The third-order valence-electron chi connectivity index (χ3n) is 5.22. The first-order chi connectivity index (χ1) is 14.4. The highest BCUT2D eigenvalue weighted by molar-refractivity contribution is 7.86. The summed E-state index contributed by atoms with van der Waals surface area (Å²) in [7, 11) is -3.87. The van der Waals surface area contributed by atoms with Crippen molar-refractivity contribution in [3.8, 4) is 0 Å². The fourth-order valence-electron chi connectivity index (χ4n) is 3.68. The Morgan fingerprint density at radius 2 is 2.07 bits per heavy atom. The third kappa shape index (κ3) is 4.43. The number of halogens is 1. The molecule has 4 rings (SSSR count). The van der Waals surface area contributed by atoms with Gasteiger partial charge < -0.3 is 4.74 Å². The summed E-state index contributed by atoms with van der Waals surface area (Å²) in [6.07, 6.45) is 3.44. The second-order valence-corrected chi connectivity index (χ2v) is 9.15. The van der Waals surface area contributed by atoms with Gasteiger partial charge >= 0.3 is 0 Å². The molecule has 0 N–H and O–H groups in total. The second kappa shape index (κ2) is 8.25. The first-order valence-electron chi connectivity index (χ1n) is 9.55. The monoisotopic (exact) mass is 431 g/mol. The lowest BCUT2D eigenvalue weighted by Gasteiger charge is -2.29. The van der Waals surface area contributed by atoms with E-state index >= 15 is 0 Å². The van der Waals surface area contributed by atoms with Gasteiger partial charge in [0.25, 0.3) is 10.1 Å². The largest absolute Gasteiger partial charge is 0.368 e. The van der Waals surface area contributed by atoms with E-state index < -0.39 is 15.7 Å². The van der Waals surface area contributed by atoms with Crippen molar-refractivity contribution in [2.24, 2.45) is 5.92 Å². The average Bonchev–Trinajstić information content (AvgIpc) is 3.38. The van der Waals surface area contributed by atoms with Crippen molar-refractivity contribution in [2.75, 3.05) is 13.2 Å². The zero-order chi connectivity index (χ0) is 21.2. The van der Waals surface area contributed by atoms with Gasteiger partial charge in [-0.05, 0) is 43.2 Å². The molecule has 0 radical (unpaired) electrons. The van der Waals surface area contributed by atoms with Gasteiger partial charge in [-0.1, -0.05) is 29.8 Å². The fraction of sp³-hybridized carbons (Fsp3) is 0.333. The Morgan fingerprint density at radius 3 is 2.77 bits per heavy atom. The van der Waals surface area contributed by atoms with Gasteiger partial charge in [-0.3, -0.25) is 4.18 Å². The van der Waals surface area contributed by atoms with E-state index in [4.69, 9.17) is 8.92 Å². The highest BCUT2D eigenvalue weighted by atomic mass is 32.2.